The van der Waals surface area contributed by atoms with Crippen molar-refractivity contribution in [3.05, 3.63) is 30.1 Å². The Morgan fingerprint density at radius 1 is 1.27 bits per heavy atom. The minimum atomic E-state index is -4.82. The minimum absolute atomic E-state index is 0.0580. The van der Waals surface area contributed by atoms with Crippen molar-refractivity contribution < 1.29 is 22.8 Å². The van der Waals surface area contributed by atoms with Gasteiger partial charge in [-0.05, 0) is 30.9 Å². The fourth-order valence-electron chi connectivity index (χ4n) is 2.34. The topological polar surface area (TPSA) is 62.3 Å². The Bertz CT molecular complexity index is 526. The van der Waals surface area contributed by atoms with Crippen molar-refractivity contribution in [1.82, 2.24) is 15.2 Å². The molecule has 0 aromatic carbocycles. The summed E-state index contributed by atoms with van der Waals surface area (Å²) in [6, 6.07) is 4.98. The number of nitrogens with one attached hydrogen (secondary N) is 1. The predicted molar refractivity (Wildman–Crippen MR) is 71.9 cm³/mol. The summed E-state index contributed by atoms with van der Waals surface area (Å²) in [5, 5.41) is 2.72. The van der Waals surface area contributed by atoms with Crippen molar-refractivity contribution in [2.45, 2.75) is 19.0 Å². The third kappa shape index (κ3) is 4.19. The monoisotopic (exact) mass is 315 g/mol. The Morgan fingerprint density at radius 3 is 2.50 bits per heavy atom. The van der Waals surface area contributed by atoms with E-state index < -0.39 is 12.1 Å². The van der Waals surface area contributed by atoms with E-state index in [4.69, 9.17) is 0 Å². The summed E-state index contributed by atoms with van der Waals surface area (Å²) in [4.78, 5) is 27.6. The van der Waals surface area contributed by atoms with Gasteiger partial charge in [-0.3, -0.25) is 14.6 Å². The second-order valence-electron chi connectivity index (χ2n) is 5.16. The van der Waals surface area contributed by atoms with E-state index in [-0.39, 0.29) is 24.9 Å². The summed E-state index contributed by atoms with van der Waals surface area (Å²) in [6.07, 6.45) is -2.44. The van der Waals surface area contributed by atoms with Crippen LogP contribution in [-0.2, 0) is 4.79 Å². The smallest absolute Gasteiger partial charge is 0.350 e. The van der Waals surface area contributed by atoms with Gasteiger partial charge in [0.15, 0.2) is 0 Å². The first-order valence-corrected chi connectivity index (χ1v) is 6.93. The van der Waals surface area contributed by atoms with E-state index in [1.165, 1.54) is 6.20 Å². The molecule has 0 spiro atoms. The number of carbonyl (C=O) groups is 2. The summed E-state index contributed by atoms with van der Waals surface area (Å²) in [6.45, 7) is 0.481. The van der Waals surface area contributed by atoms with Gasteiger partial charge in [0.05, 0.1) is 0 Å². The largest absolute Gasteiger partial charge is 0.471 e. The Morgan fingerprint density at radius 2 is 1.95 bits per heavy atom. The average Bonchev–Trinajstić information content (AvgIpc) is 2.52. The Labute approximate surface area is 125 Å². The molecule has 8 heteroatoms. The first kappa shape index (κ1) is 16.3. The number of amides is 2. The lowest BCUT2D eigenvalue weighted by Crippen LogP contribution is -2.46. The highest BCUT2D eigenvalue weighted by atomic mass is 19.4. The summed E-state index contributed by atoms with van der Waals surface area (Å²) in [7, 11) is 0. The van der Waals surface area contributed by atoms with Crippen LogP contribution >= 0.6 is 0 Å². The van der Waals surface area contributed by atoms with E-state index in [2.05, 4.69) is 10.3 Å². The third-order valence-electron chi connectivity index (χ3n) is 3.59. The number of pyridine rings is 1. The molecule has 0 bridgehead atoms. The van der Waals surface area contributed by atoms with Crippen LogP contribution in [0.4, 0.5) is 13.2 Å². The normalized spacial score (nSPS) is 16.4. The van der Waals surface area contributed by atoms with Crippen LogP contribution in [0.25, 0.3) is 0 Å². The van der Waals surface area contributed by atoms with Crippen molar-refractivity contribution in [2.75, 3.05) is 19.6 Å². The van der Waals surface area contributed by atoms with Crippen molar-refractivity contribution >= 4 is 11.8 Å². The van der Waals surface area contributed by atoms with Crippen LogP contribution in [-0.4, -0.2) is 47.5 Å². The SMILES string of the molecule is O=C(NCC1CCN(C(=O)C(F)(F)F)CC1)c1ccccn1. The lowest BCUT2D eigenvalue weighted by molar-refractivity contribution is -0.186. The van der Waals surface area contributed by atoms with Crippen LogP contribution in [0.15, 0.2) is 24.4 Å². The van der Waals surface area contributed by atoms with Gasteiger partial charge >= 0.3 is 12.1 Å². The minimum Gasteiger partial charge on any atom is -0.350 e. The number of hydrogen-bond acceptors (Lipinski definition) is 3. The molecule has 0 saturated carbocycles. The van der Waals surface area contributed by atoms with Crippen molar-refractivity contribution in [2.24, 2.45) is 5.92 Å². The molecule has 0 aliphatic carbocycles. The molecule has 2 heterocycles. The highest BCUT2D eigenvalue weighted by Crippen LogP contribution is 2.23. The molecule has 1 aliphatic heterocycles. The van der Waals surface area contributed by atoms with E-state index >= 15 is 0 Å². The Balaban J connectivity index is 1.76. The molecular weight excluding hydrogens is 299 g/mol. The van der Waals surface area contributed by atoms with Crippen LogP contribution in [0.5, 0.6) is 0 Å². The maximum Gasteiger partial charge on any atom is 0.471 e. The van der Waals surface area contributed by atoms with Crippen LogP contribution in [0.3, 0.4) is 0 Å². The maximum absolute atomic E-state index is 12.3. The van der Waals surface area contributed by atoms with Gasteiger partial charge in [0.25, 0.3) is 5.91 Å². The number of alkyl halides is 3. The highest BCUT2D eigenvalue weighted by molar-refractivity contribution is 5.92. The van der Waals surface area contributed by atoms with Crippen molar-refractivity contribution in [3.8, 4) is 0 Å². The molecule has 0 unspecified atom stereocenters. The molecule has 1 N–H and O–H groups in total. The summed E-state index contributed by atoms with van der Waals surface area (Å²) in [5.41, 5.74) is 0.298. The molecule has 0 radical (unpaired) electrons. The highest BCUT2D eigenvalue weighted by Gasteiger charge is 2.43. The quantitative estimate of drug-likeness (QED) is 0.922. The van der Waals surface area contributed by atoms with Gasteiger partial charge in [0.1, 0.15) is 5.69 Å². The Hall–Kier alpha value is -2.12. The number of piperidine rings is 1. The van der Waals surface area contributed by atoms with Gasteiger partial charge in [-0.1, -0.05) is 6.07 Å². The molecule has 5 nitrogen and oxygen atoms in total. The van der Waals surface area contributed by atoms with Gasteiger partial charge in [-0.25, -0.2) is 0 Å². The fraction of sp³-hybridized carbons (Fsp3) is 0.500. The lowest BCUT2D eigenvalue weighted by atomic mass is 9.96. The summed E-state index contributed by atoms with van der Waals surface area (Å²) >= 11 is 0. The van der Waals surface area contributed by atoms with E-state index in [1.54, 1.807) is 18.2 Å². The van der Waals surface area contributed by atoms with Gasteiger partial charge in [-0.15, -0.1) is 0 Å². The number of nitrogens with zero attached hydrogens (tertiary/aromatic N) is 2. The van der Waals surface area contributed by atoms with E-state index in [0.717, 1.165) is 4.90 Å². The van der Waals surface area contributed by atoms with Crippen molar-refractivity contribution in [1.29, 1.82) is 0 Å². The molecule has 1 fully saturated rings. The zero-order chi connectivity index (χ0) is 16.2. The van der Waals surface area contributed by atoms with Gasteiger partial charge in [0.2, 0.25) is 0 Å². The fourth-order valence-corrected chi connectivity index (χ4v) is 2.34. The molecule has 1 aromatic rings. The second-order valence-corrected chi connectivity index (χ2v) is 5.16. The van der Waals surface area contributed by atoms with Crippen molar-refractivity contribution in [3.63, 3.8) is 0 Å². The predicted octanol–water partition coefficient (Wildman–Crippen LogP) is 1.61. The molecule has 1 aliphatic rings. The first-order valence-electron chi connectivity index (χ1n) is 6.93. The number of rotatable bonds is 3. The third-order valence-corrected chi connectivity index (χ3v) is 3.59. The first-order chi connectivity index (χ1) is 10.4. The molecule has 1 saturated heterocycles. The zero-order valence-electron chi connectivity index (χ0n) is 11.8. The van der Waals surface area contributed by atoms with E-state index in [0.29, 0.717) is 25.1 Å². The number of aromatic nitrogens is 1. The van der Waals surface area contributed by atoms with Gasteiger partial charge < -0.3 is 10.2 Å². The average molecular weight is 315 g/mol. The molecule has 22 heavy (non-hydrogen) atoms. The van der Waals surface area contributed by atoms with Crippen LogP contribution in [0, 0.1) is 5.92 Å². The van der Waals surface area contributed by atoms with E-state index in [9.17, 15) is 22.8 Å². The van der Waals surface area contributed by atoms with E-state index in [1.807, 2.05) is 0 Å². The molecule has 0 atom stereocenters. The zero-order valence-corrected chi connectivity index (χ0v) is 11.8. The summed E-state index contributed by atoms with van der Waals surface area (Å²) < 4.78 is 37.0. The lowest BCUT2D eigenvalue weighted by Gasteiger charge is -2.32. The second kappa shape index (κ2) is 6.76. The number of likely N-dealkylation sites (tertiary alicyclic amines) is 1. The van der Waals surface area contributed by atoms with Crippen LogP contribution in [0.1, 0.15) is 23.3 Å². The number of halogens is 3. The molecular formula is C14H16F3N3O2. The Kier molecular flexibility index (Phi) is 4.99. The maximum atomic E-state index is 12.3. The molecule has 2 amide bonds. The number of hydrogen-bond donors (Lipinski definition) is 1. The van der Waals surface area contributed by atoms with Gasteiger partial charge in [0, 0.05) is 25.8 Å². The molecule has 1 aromatic heterocycles. The standard InChI is InChI=1S/C14H16F3N3O2/c15-14(16,17)13(22)20-7-4-10(5-8-20)9-19-12(21)11-3-1-2-6-18-11/h1-3,6,10H,4-5,7-9H2,(H,19,21). The van der Waals surface area contributed by atoms with Crippen LogP contribution in [0.2, 0.25) is 0 Å². The molecule has 120 valence electrons. The van der Waals surface area contributed by atoms with Gasteiger partial charge in [-0.2, -0.15) is 13.2 Å². The summed E-state index contributed by atoms with van der Waals surface area (Å²) in [5.74, 6) is -2.04. The number of carbonyl (C=O) groups excluding carboxylic acids is 2. The van der Waals surface area contributed by atoms with Crippen LogP contribution < -0.4 is 5.32 Å². The molecule has 2 rings (SSSR count).